The van der Waals surface area contributed by atoms with E-state index in [1.165, 1.54) is 32.2 Å². The lowest BCUT2D eigenvalue weighted by Gasteiger charge is -2.44. The molecule has 0 aromatic carbocycles. The molecule has 1 nitrogen and oxygen atoms in total. The van der Waals surface area contributed by atoms with E-state index in [2.05, 4.69) is 38.7 Å². The van der Waals surface area contributed by atoms with Crippen LogP contribution < -0.4 is 0 Å². The lowest BCUT2D eigenvalue weighted by molar-refractivity contribution is 0.0841. The monoisotopic (exact) mass is 193 g/mol. The van der Waals surface area contributed by atoms with Crippen molar-refractivity contribution >= 4 is 0 Å². The molecule has 1 saturated carbocycles. The van der Waals surface area contributed by atoms with Gasteiger partial charge in [-0.25, -0.2) is 0 Å². The molecule has 1 aliphatic carbocycles. The second-order valence-corrected chi connectivity index (χ2v) is 5.83. The summed E-state index contributed by atoms with van der Waals surface area (Å²) in [7, 11) is 0. The van der Waals surface area contributed by atoms with Crippen LogP contribution in [0.2, 0.25) is 0 Å². The largest absolute Gasteiger partial charge is 0.289 e. The van der Waals surface area contributed by atoms with Crippen molar-refractivity contribution in [2.24, 2.45) is 0 Å². The van der Waals surface area contributed by atoms with Gasteiger partial charge in [-0.15, -0.1) is 0 Å². The van der Waals surface area contributed by atoms with E-state index < -0.39 is 0 Å². The molecular weight excluding hydrogens is 170 g/mol. The highest BCUT2D eigenvalue weighted by atomic mass is 15.3. The van der Waals surface area contributed by atoms with Gasteiger partial charge in [0.25, 0.3) is 0 Å². The molecule has 0 saturated heterocycles. The van der Waals surface area contributed by atoms with Gasteiger partial charge in [-0.2, -0.15) is 0 Å². The fourth-order valence-corrected chi connectivity index (χ4v) is 2.83. The van der Waals surface area contributed by atoms with E-state index in [4.69, 9.17) is 0 Å². The van der Waals surface area contributed by atoms with Gasteiger partial charge >= 0.3 is 0 Å². The zero-order chi connectivity index (χ0) is 10.4. The SMILES string of the molecule is CCC1=CC2(CC2)N(C(C)(C)C)CC1. The summed E-state index contributed by atoms with van der Waals surface area (Å²) in [6.07, 6.45) is 7.87. The maximum atomic E-state index is 2.71. The van der Waals surface area contributed by atoms with Gasteiger partial charge in [0.05, 0.1) is 0 Å². The summed E-state index contributed by atoms with van der Waals surface area (Å²) in [6.45, 7) is 10.6. The van der Waals surface area contributed by atoms with E-state index >= 15 is 0 Å². The van der Waals surface area contributed by atoms with Crippen LogP contribution in [-0.2, 0) is 0 Å². The molecule has 1 fully saturated rings. The molecule has 14 heavy (non-hydrogen) atoms. The van der Waals surface area contributed by atoms with E-state index in [0.29, 0.717) is 11.1 Å². The topological polar surface area (TPSA) is 3.24 Å². The molecule has 0 atom stereocenters. The second kappa shape index (κ2) is 3.10. The third kappa shape index (κ3) is 1.63. The quantitative estimate of drug-likeness (QED) is 0.577. The Kier molecular flexibility index (Phi) is 2.26. The molecule has 0 aromatic heterocycles. The standard InChI is InChI=1S/C13H23N/c1-5-11-6-9-14(12(2,3)4)13(10-11)7-8-13/h10H,5-9H2,1-4H3. The van der Waals surface area contributed by atoms with Crippen molar-refractivity contribution in [3.05, 3.63) is 11.6 Å². The summed E-state index contributed by atoms with van der Waals surface area (Å²) in [5.41, 5.74) is 2.50. The Hall–Kier alpha value is -0.300. The first kappa shape index (κ1) is 10.2. The van der Waals surface area contributed by atoms with Crippen LogP contribution >= 0.6 is 0 Å². The molecule has 1 aliphatic heterocycles. The summed E-state index contributed by atoms with van der Waals surface area (Å²) in [5, 5.41) is 0. The summed E-state index contributed by atoms with van der Waals surface area (Å²) >= 11 is 0. The Morgan fingerprint density at radius 3 is 2.43 bits per heavy atom. The highest BCUT2D eigenvalue weighted by Crippen LogP contribution is 2.49. The smallest absolute Gasteiger partial charge is 0.0400 e. The zero-order valence-corrected chi connectivity index (χ0v) is 10.1. The van der Waals surface area contributed by atoms with Gasteiger partial charge in [0.1, 0.15) is 0 Å². The van der Waals surface area contributed by atoms with Crippen LogP contribution in [0.1, 0.15) is 53.4 Å². The van der Waals surface area contributed by atoms with Crippen LogP contribution in [0.15, 0.2) is 11.6 Å². The molecule has 1 heterocycles. The van der Waals surface area contributed by atoms with Crippen molar-refractivity contribution in [1.29, 1.82) is 0 Å². The third-order valence-electron chi connectivity index (χ3n) is 3.69. The Balaban J connectivity index is 2.21. The number of hydrogen-bond acceptors (Lipinski definition) is 1. The van der Waals surface area contributed by atoms with E-state index in [-0.39, 0.29) is 0 Å². The molecule has 1 spiro atoms. The lowest BCUT2D eigenvalue weighted by atomic mass is 9.93. The Morgan fingerprint density at radius 1 is 1.36 bits per heavy atom. The van der Waals surface area contributed by atoms with Gasteiger partial charge in [0.2, 0.25) is 0 Å². The Labute approximate surface area is 88.2 Å². The van der Waals surface area contributed by atoms with Crippen LogP contribution in [0.4, 0.5) is 0 Å². The average Bonchev–Trinajstić information content (AvgIpc) is 2.83. The lowest BCUT2D eigenvalue weighted by Crippen LogP contribution is -2.51. The molecule has 2 aliphatic rings. The first-order valence-corrected chi connectivity index (χ1v) is 5.96. The van der Waals surface area contributed by atoms with Crippen molar-refractivity contribution in [3.8, 4) is 0 Å². The van der Waals surface area contributed by atoms with Gasteiger partial charge in [-0.05, 0) is 46.5 Å². The van der Waals surface area contributed by atoms with E-state index in [1.807, 2.05) is 0 Å². The molecule has 0 bridgehead atoms. The highest BCUT2D eigenvalue weighted by Gasteiger charge is 2.51. The first-order chi connectivity index (χ1) is 6.48. The molecule has 80 valence electrons. The molecule has 0 amide bonds. The molecular formula is C13H23N. The van der Waals surface area contributed by atoms with Gasteiger partial charge < -0.3 is 0 Å². The molecule has 0 aromatic rings. The summed E-state index contributed by atoms with van der Waals surface area (Å²) in [5.74, 6) is 0. The minimum Gasteiger partial charge on any atom is -0.289 e. The van der Waals surface area contributed by atoms with Gasteiger partial charge in [-0.1, -0.05) is 18.6 Å². The number of rotatable bonds is 1. The predicted octanol–water partition coefficient (Wildman–Crippen LogP) is 3.36. The Morgan fingerprint density at radius 2 is 2.00 bits per heavy atom. The van der Waals surface area contributed by atoms with Crippen LogP contribution in [0.5, 0.6) is 0 Å². The number of nitrogens with zero attached hydrogens (tertiary/aromatic N) is 1. The van der Waals surface area contributed by atoms with Gasteiger partial charge in [-0.3, -0.25) is 4.90 Å². The highest BCUT2D eigenvalue weighted by molar-refractivity contribution is 5.27. The van der Waals surface area contributed by atoms with Crippen molar-refractivity contribution in [2.75, 3.05) is 6.54 Å². The Bertz CT molecular complexity index is 253. The molecule has 0 N–H and O–H groups in total. The zero-order valence-electron chi connectivity index (χ0n) is 10.1. The van der Waals surface area contributed by atoms with Gasteiger partial charge in [0, 0.05) is 17.6 Å². The summed E-state index contributed by atoms with van der Waals surface area (Å²) < 4.78 is 0. The third-order valence-corrected chi connectivity index (χ3v) is 3.69. The minimum atomic E-state index is 0.340. The maximum absolute atomic E-state index is 2.71. The van der Waals surface area contributed by atoms with E-state index in [9.17, 15) is 0 Å². The average molecular weight is 193 g/mol. The van der Waals surface area contributed by atoms with Crippen molar-refractivity contribution < 1.29 is 0 Å². The first-order valence-electron chi connectivity index (χ1n) is 5.96. The normalized spacial score (nSPS) is 26.4. The van der Waals surface area contributed by atoms with Crippen LogP contribution in [-0.4, -0.2) is 22.5 Å². The molecule has 1 heteroatoms. The van der Waals surface area contributed by atoms with Crippen LogP contribution in [0, 0.1) is 0 Å². The van der Waals surface area contributed by atoms with E-state index in [1.54, 1.807) is 5.57 Å². The second-order valence-electron chi connectivity index (χ2n) is 5.83. The number of hydrogen-bond donors (Lipinski definition) is 0. The predicted molar refractivity (Wildman–Crippen MR) is 61.4 cm³/mol. The molecule has 0 radical (unpaired) electrons. The van der Waals surface area contributed by atoms with Crippen molar-refractivity contribution in [1.82, 2.24) is 4.90 Å². The summed E-state index contributed by atoms with van der Waals surface area (Å²) in [6, 6.07) is 0. The van der Waals surface area contributed by atoms with Crippen LogP contribution in [0.25, 0.3) is 0 Å². The molecule has 2 rings (SSSR count). The van der Waals surface area contributed by atoms with Crippen LogP contribution in [0.3, 0.4) is 0 Å². The van der Waals surface area contributed by atoms with Crippen molar-refractivity contribution in [2.45, 2.75) is 64.5 Å². The van der Waals surface area contributed by atoms with Gasteiger partial charge in [0.15, 0.2) is 0 Å². The minimum absolute atomic E-state index is 0.340. The fourth-order valence-electron chi connectivity index (χ4n) is 2.83. The van der Waals surface area contributed by atoms with E-state index in [0.717, 1.165) is 0 Å². The summed E-state index contributed by atoms with van der Waals surface area (Å²) in [4.78, 5) is 2.71. The fraction of sp³-hybridized carbons (Fsp3) is 0.846. The maximum Gasteiger partial charge on any atom is 0.0400 e. The molecule has 0 unspecified atom stereocenters. The van der Waals surface area contributed by atoms with Crippen molar-refractivity contribution in [3.63, 3.8) is 0 Å².